The zero-order valence-corrected chi connectivity index (χ0v) is 54.9. The van der Waals surface area contributed by atoms with Gasteiger partial charge in [-0.1, -0.05) is 49.7 Å². The van der Waals surface area contributed by atoms with Crippen LogP contribution in [0.25, 0.3) is 21.8 Å². The summed E-state index contributed by atoms with van der Waals surface area (Å²) in [4.78, 5) is 170. The second-order valence-corrected chi connectivity index (χ2v) is 26.1. The van der Waals surface area contributed by atoms with Gasteiger partial charge in [0.15, 0.2) is 0 Å². The fourth-order valence-corrected chi connectivity index (χ4v) is 13.6. The predicted octanol–water partition coefficient (Wildman–Crippen LogP) is 2.46. The van der Waals surface area contributed by atoms with E-state index in [1.165, 1.54) is 114 Å². The van der Waals surface area contributed by atoms with Gasteiger partial charge in [0.25, 0.3) is 0 Å². The van der Waals surface area contributed by atoms with Gasteiger partial charge in [0.1, 0.15) is 65.7 Å². The largest absolute Gasteiger partial charge is 0.508 e. The number of hydrogen-bond donors (Lipinski definition) is 14. The molecule has 2 aliphatic rings. The highest BCUT2D eigenvalue weighted by Crippen LogP contribution is 2.26. The van der Waals surface area contributed by atoms with E-state index < -0.39 is 144 Å². The van der Waals surface area contributed by atoms with Crippen LogP contribution in [0.5, 0.6) is 5.75 Å². The highest BCUT2D eigenvalue weighted by molar-refractivity contribution is 7.98. The lowest BCUT2D eigenvalue weighted by atomic mass is 10.0. The van der Waals surface area contributed by atoms with Crippen LogP contribution in [-0.2, 0) is 89.9 Å². The van der Waals surface area contributed by atoms with Gasteiger partial charge in [-0.25, -0.2) is 13.8 Å². The lowest BCUT2D eigenvalue weighted by molar-refractivity contribution is -0.143. The van der Waals surface area contributed by atoms with Crippen LogP contribution in [-0.4, -0.2) is 173 Å². The number of phenols is 1. The van der Waals surface area contributed by atoms with Crippen molar-refractivity contribution in [2.45, 2.75) is 131 Å². The van der Waals surface area contributed by atoms with E-state index in [-0.39, 0.29) is 73.2 Å². The highest BCUT2D eigenvalue weighted by Gasteiger charge is 2.41. The Labute approximate surface area is 568 Å². The molecule has 3 aromatic heterocycles. The van der Waals surface area contributed by atoms with Gasteiger partial charge in [0, 0.05) is 108 Å². The molecule has 8 atom stereocenters. The summed E-state index contributed by atoms with van der Waals surface area (Å²) in [5, 5.41) is 41.9. The molecule has 0 saturated carbocycles. The summed E-state index contributed by atoms with van der Waals surface area (Å²) in [6.45, 7) is 1.12. The molecule has 4 aromatic carbocycles. The maximum absolute atomic E-state index is 15.0. The molecule has 7 aromatic rings. The van der Waals surface area contributed by atoms with Crippen LogP contribution in [0.15, 0.2) is 110 Å². The molecule has 98 heavy (non-hydrogen) atoms. The first kappa shape index (κ1) is 72.0. The number of H-pyrrole nitrogens is 3. The van der Waals surface area contributed by atoms with Crippen molar-refractivity contribution in [3.8, 4) is 5.75 Å². The molecule has 2 bridgehead atoms. The Morgan fingerprint density at radius 1 is 0.633 bits per heavy atom. The van der Waals surface area contributed by atoms with Crippen LogP contribution in [0.1, 0.15) is 79.0 Å². The first-order valence-corrected chi connectivity index (χ1v) is 34.1. The van der Waals surface area contributed by atoms with Crippen molar-refractivity contribution < 1.29 is 71.7 Å². The summed E-state index contributed by atoms with van der Waals surface area (Å²) in [6.07, 6.45) is 4.15. The number of rotatable bonds is 13. The molecular weight excluding hydrogens is 1310 g/mol. The minimum absolute atomic E-state index is 0.0312. The maximum atomic E-state index is 15.0. The number of primary amides is 1. The fourth-order valence-electron chi connectivity index (χ4n) is 11.6. The Bertz CT molecular complexity index is 4060. The molecule has 1 fully saturated rings. The average molecular weight is 1390 g/mol. The van der Waals surface area contributed by atoms with Gasteiger partial charge in [-0.3, -0.25) is 52.7 Å². The molecule has 9 rings (SSSR count). The van der Waals surface area contributed by atoms with Gasteiger partial charge >= 0.3 is 5.97 Å². The molecule has 0 spiro atoms. The summed E-state index contributed by atoms with van der Waals surface area (Å²) >= 11 is 2.80. The number of amides is 10. The third kappa shape index (κ3) is 19.9. The molecule has 31 heteroatoms. The zero-order chi connectivity index (χ0) is 70.0. The lowest BCUT2D eigenvalue weighted by Gasteiger charge is -2.31. The van der Waals surface area contributed by atoms with Gasteiger partial charge in [0.2, 0.25) is 59.1 Å². The van der Waals surface area contributed by atoms with Crippen molar-refractivity contribution in [1.29, 1.82) is 0 Å². The monoisotopic (exact) mass is 1390 g/mol. The summed E-state index contributed by atoms with van der Waals surface area (Å²) < 4.78 is 29.7. The number of halogens is 2. The number of nitrogens with one attached hydrogen (secondary N) is 11. The number of carboxylic acid groups (broad SMARTS) is 1. The third-order valence-corrected chi connectivity index (χ3v) is 18.8. The first-order chi connectivity index (χ1) is 47.1. The van der Waals surface area contributed by atoms with Crippen LogP contribution in [0.4, 0.5) is 8.78 Å². The molecule has 0 radical (unpaired) electrons. The molecule has 1 saturated heterocycles. The van der Waals surface area contributed by atoms with E-state index in [4.69, 9.17) is 5.73 Å². The smallest absolute Gasteiger partial charge is 0.305 e. The number of aromatic hydroxyl groups is 1. The van der Waals surface area contributed by atoms with Gasteiger partial charge in [-0.05, 0) is 95.6 Å². The van der Waals surface area contributed by atoms with Gasteiger partial charge < -0.3 is 78.3 Å². The van der Waals surface area contributed by atoms with Crippen LogP contribution in [0.2, 0.25) is 0 Å². The molecule has 5 heterocycles. The van der Waals surface area contributed by atoms with Crippen molar-refractivity contribution in [3.63, 3.8) is 0 Å². The van der Waals surface area contributed by atoms with Crippen molar-refractivity contribution >= 4 is 110 Å². The summed E-state index contributed by atoms with van der Waals surface area (Å²) in [5.74, 6) is -10.5. The Hall–Kier alpha value is -10.3. The molecule has 15 N–H and O–H groups in total. The van der Waals surface area contributed by atoms with Gasteiger partial charge in [-0.2, -0.15) is 23.5 Å². The Balaban J connectivity index is 1.05. The first-order valence-electron chi connectivity index (χ1n) is 31.8. The zero-order valence-electron chi connectivity index (χ0n) is 53.3. The van der Waals surface area contributed by atoms with E-state index in [9.17, 15) is 66.9 Å². The molecule has 2 aliphatic heterocycles. The number of aromatic amines is 3. The van der Waals surface area contributed by atoms with E-state index in [1.807, 2.05) is 24.3 Å². The van der Waals surface area contributed by atoms with Crippen LogP contribution in [0, 0.1) is 11.6 Å². The van der Waals surface area contributed by atoms with E-state index in [0.717, 1.165) is 11.1 Å². The molecule has 0 unspecified atom stereocenters. The average Bonchev–Trinajstić information content (AvgIpc) is 1.62. The number of imidazole rings is 1. The third-order valence-electron chi connectivity index (χ3n) is 16.6. The predicted molar refractivity (Wildman–Crippen MR) is 359 cm³/mol. The fraction of sp³-hybridized carbons (Fsp3) is 0.373. The molecule has 518 valence electrons. The standard InChI is InChI=1S/C67H76F2N14O13S2/c1-2-5-49-61(90)74-31-58(86)77-50(22-39-28-72-47-15-11-41(68)24-45(39)47)62(91)78-51(23-40-29-73-48-16-12-42(69)25-46(40)48)63(92)80-53(27-59(87)88)65(94)79-52(26-43-30-71-35-75-43)64(93)81-54(21-36-9-13-44(84)14-10-36)67(96)83-18-4-8-56(83)66(95)82-55(60(70)89)34-98-33-38-7-3-6-37(20-38)32-97-19-17-57(85)76-49/h3,6-7,9-16,20,24-25,28-30,35,49-56,72-73,84H,2,4-5,8,17-19,21-23,26-27,31-34H2,1H3,(H2,70,89)(H,71,75)(H,74,90)(H,76,85)(H,77,86)(H,78,91)(H,79,94)(H,80,92)(H,81,93)(H,82,95)(H,87,88)/t49-,50-,51-,52-,53-,54-,55-,56-/m0/s1. The Kier molecular flexibility index (Phi) is 25.0. The van der Waals surface area contributed by atoms with E-state index >= 15 is 4.79 Å². The van der Waals surface area contributed by atoms with E-state index in [2.05, 4.69) is 62.5 Å². The topological polar surface area (TPSA) is 414 Å². The van der Waals surface area contributed by atoms with E-state index in [1.54, 1.807) is 6.92 Å². The van der Waals surface area contributed by atoms with Crippen LogP contribution < -0.4 is 48.3 Å². The lowest BCUT2D eigenvalue weighted by Crippen LogP contribution is -2.61. The second kappa shape index (κ2) is 34.1. The summed E-state index contributed by atoms with van der Waals surface area (Å²) in [7, 11) is 0. The summed E-state index contributed by atoms with van der Waals surface area (Å²) in [6, 6.07) is 9.00. The normalized spacial score (nSPS) is 22.3. The number of nitrogens with zero attached hydrogens (tertiary/aromatic N) is 2. The second-order valence-electron chi connectivity index (χ2n) is 23.9. The minimum atomic E-state index is -2.04. The number of hydrogen-bond acceptors (Lipinski definition) is 15. The van der Waals surface area contributed by atoms with Gasteiger partial charge in [0.05, 0.1) is 19.3 Å². The van der Waals surface area contributed by atoms with Crippen molar-refractivity contribution in [2.75, 3.05) is 24.6 Å². The van der Waals surface area contributed by atoms with Crippen LogP contribution in [0.3, 0.4) is 0 Å². The quantitative estimate of drug-likeness (QED) is 0.0788. The Morgan fingerprint density at radius 2 is 1.21 bits per heavy atom. The van der Waals surface area contributed by atoms with Gasteiger partial charge in [-0.15, -0.1) is 0 Å². The molecule has 0 aliphatic carbocycles. The number of fused-ring (bicyclic) bond motifs is 5. The van der Waals surface area contributed by atoms with Crippen LogP contribution >= 0.6 is 23.5 Å². The number of benzene rings is 4. The number of carbonyl (C=O) groups is 11. The van der Waals surface area contributed by atoms with Crippen molar-refractivity contribution in [1.82, 2.24) is 67.4 Å². The number of nitrogens with two attached hydrogens (primary N) is 1. The number of carbonyl (C=O) groups excluding carboxylic acids is 10. The van der Waals surface area contributed by atoms with Crippen molar-refractivity contribution in [2.24, 2.45) is 5.73 Å². The Morgan fingerprint density at radius 3 is 1.82 bits per heavy atom. The summed E-state index contributed by atoms with van der Waals surface area (Å²) in [5.41, 5.74) is 9.81. The number of carboxylic acids is 1. The molecule has 27 nitrogen and oxygen atoms in total. The number of thioether (sulfide) groups is 2. The SMILES string of the molecule is CCC[C@@H]1NC(=O)CCSCc2cccc(c2)CSC[C@@H](C(N)=O)NC(=O)[C@@H]2CCCN2C(=O)[C@H](Cc2ccc(O)cc2)NC(=O)[C@H](Cc2cnc[nH]2)NC(=O)[C@H](CC(=O)O)NC(=O)[C@H](Cc2c[nH]c3ccc(F)cc23)NC(=O)[C@H](Cc2c[nH]c3ccc(F)cc23)NC(=O)CNC1=O. The maximum Gasteiger partial charge on any atom is 0.305 e. The molecule has 10 amide bonds. The molecular formula is C67H76F2N14O13S2. The highest BCUT2D eigenvalue weighted by atomic mass is 32.2. The minimum Gasteiger partial charge on any atom is -0.508 e. The number of aliphatic carboxylic acids is 1. The number of phenolic OH excluding ortho intramolecular Hbond substituents is 1. The van der Waals surface area contributed by atoms with Crippen molar-refractivity contribution in [3.05, 3.63) is 155 Å². The van der Waals surface area contributed by atoms with E-state index in [0.29, 0.717) is 57.6 Å². The number of aromatic nitrogens is 4.